The first-order valence-corrected chi connectivity index (χ1v) is 9.43. The van der Waals surface area contributed by atoms with Gasteiger partial charge < -0.3 is 15.5 Å². The molecule has 1 aliphatic heterocycles. The smallest absolute Gasteiger partial charge is 0.255 e. The van der Waals surface area contributed by atoms with Gasteiger partial charge in [-0.15, -0.1) is 0 Å². The van der Waals surface area contributed by atoms with Gasteiger partial charge in [-0.3, -0.25) is 4.79 Å². The molecule has 1 fully saturated rings. The number of amides is 1. The van der Waals surface area contributed by atoms with Crippen LogP contribution in [0.5, 0.6) is 0 Å². The predicted octanol–water partition coefficient (Wildman–Crippen LogP) is 4.96. The zero-order valence-electron chi connectivity index (χ0n) is 15.7. The summed E-state index contributed by atoms with van der Waals surface area (Å²) in [6.45, 7) is 2.13. The van der Waals surface area contributed by atoms with Crippen molar-refractivity contribution in [2.45, 2.75) is 12.8 Å². The molecule has 29 heavy (non-hydrogen) atoms. The number of carbonyl (C=O) groups is 1. The van der Waals surface area contributed by atoms with Crippen LogP contribution in [-0.2, 0) is 0 Å². The lowest BCUT2D eigenvalue weighted by atomic mass is 10.2. The molecule has 0 radical (unpaired) electrons. The van der Waals surface area contributed by atoms with Crippen LogP contribution >= 0.6 is 0 Å². The van der Waals surface area contributed by atoms with Gasteiger partial charge in [0.1, 0.15) is 17.5 Å². The van der Waals surface area contributed by atoms with Crippen LogP contribution in [0.15, 0.2) is 60.8 Å². The van der Waals surface area contributed by atoms with Crippen LogP contribution in [0.4, 0.5) is 31.7 Å². The third-order valence-corrected chi connectivity index (χ3v) is 4.81. The second-order valence-corrected chi connectivity index (χ2v) is 6.87. The van der Waals surface area contributed by atoms with E-state index in [0.717, 1.165) is 30.9 Å². The number of rotatable bonds is 5. The Balaban J connectivity index is 1.44. The molecule has 0 spiro atoms. The molecule has 3 aromatic rings. The van der Waals surface area contributed by atoms with Crippen molar-refractivity contribution in [1.29, 1.82) is 0 Å². The molecular formula is C22H20F2N4O. The van der Waals surface area contributed by atoms with Gasteiger partial charge >= 0.3 is 0 Å². The Labute approximate surface area is 167 Å². The van der Waals surface area contributed by atoms with Gasteiger partial charge in [0.15, 0.2) is 0 Å². The second kappa shape index (κ2) is 8.26. The van der Waals surface area contributed by atoms with Gasteiger partial charge in [-0.2, -0.15) is 0 Å². The molecule has 1 aliphatic rings. The predicted molar refractivity (Wildman–Crippen MR) is 110 cm³/mol. The Morgan fingerprint density at radius 3 is 2.45 bits per heavy atom. The maximum Gasteiger partial charge on any atom is 0.255 e. The molecule has 0 bridgehead atoms. The fourth-order valence-electron chi connectivity index (χ4n) is 3.30. The molecule has 4 rings (SSSR count). The van der Waals surface area contributed by atoms with E-state index in [1.54, 1.807) is 6.07 Å². The number of hydrogen-bond donors (Lipinski definition) is 2. The summed E-state index contributed by atoms with van der Waals surface area (Å²) >= 11 is 0. The van der Waals surface area contributed by atoms with E-state index >= 15 is 0 Å². The Kier molecular flexibility index (Phi) is 5.37. The van der Waals surface area contributed by atoms with Crippen molar-refractivity contribution >= 4 is 28.8 Å². The maximum absolute atomic E-state index is 13.8. The molecule has 1 saturated heterocycles. The number of aromatic nitrogens is 1. The van der Waals surface area contributed by atoms with E-state index in [0.29, 0.717) is 11.3 Å². The van der Waals surface area contributed by atoms with E-state index in [9.17, 15) is 13.6 Å². The van der Waals surface area contributed by atoms with Crippen LogP contribution in [0.1, 0.15) is 23.2 Å². The molecule has 0 atom stereocenters. The molecule has 5 nitrogen and oxygen atoms in total. The monoisotopic (exact) mass is 394 g/mol. The number of nitrogens with zero attached hydrogens (tertiary/aromatic N) is 2. The SMILES string of the molecule is O=C(Nc1ccc(N2CCCC2)cc1)c1ccnc(Nc2ccc(F)cc2F)c1. The van der Waals surface area contributed by atoms with E-state index in [-0.39, 0.29) is 17.4 Å². The summed E-state index contributed by atoms with van der Waals surface area (Å²) in [5.41, 5.74) is 2.29. The highest BCUT2D eigenvalue weighted by Gasteiger charge is 2.13. The standard InChI is InChI=1S/C22H20F2N4O/c23-16-3-8-20(19(24)14-16)27-21-13-15(9-10-25-21)22(29)26-17-4-6-18(7-5-17)28-11-1-2-12-28/h3-10,13-14H,1-2,11-12H2,(H,25,27)(H,26,29). The summed E-state index contributed by atoms with van der Waals surface area (Å²) in [6.07, 6.45) is 3.87. The van der Waals surface area contributed by atoms with Crippen LogP contribution in [0.25, 0.3) is 0 Å². The fraction of sp³-hybridized carbons (Fsp3) is 0.182. The molecular weight excluding hydrogens is 374 g/mol. The average molecular weight is 394 g/mol. The van der Waals surface area contributed by atoms with Crippen LogP contribution < -0.4 is 15.5 Å². The zero-order chi connectivity index (χ0) is 20.2. The van der Waals surface area contributed by atoms with Crippen molar-refractivity contribution in [2.75, 3.05) is 28.6 Å². The minimum atomic E-state index is -0.736. The lowest BCUT2D eigenvalue weighted by Crippen LogP contribution is -2.17. The number of nitrogens with one attached hydrogen (secondary N) is 2. The third-order valence-electron chi connectivity index (χ3n) is 4.81. The minimum Gasteiger partial charge on any atom is -0.372 e. The largest absolute Gasteiger partial charge is 0.372 e. The Hall–Kier alpha value is -3.48. The molecule has 148 valence electrons. The molecule has 2 aromatic carbocycles. The van der Waals surface area contributed by atoms with E-state index in [4.69, 9.17) is 0 Å². The first-order chi connectivity index (χ1) is 14.1. The lowest BCUT2D eigenvalue weighted by molar-refractivity contribution is 0.102. The fourth-order valence-corrected chi connectivity index (χ4v) is 3.30. The molecule has 0 unspecified atom stereocenters. The van der Waals surface area contributed by atoms with Gasteiger partial charge in [-0.25, -0.2) is 13.8 Å². The number of hydrogen-bond acceptors (Lipinski definition) is 4. The number of carbonyl (C=O) groups excluding carboxylic acids is 1. The number of pyridine rings is 1. The van der Waals surface area contributed by atoms with Crippen LogP contribution in [-0.4, -0.2) is 24.0 Å². The van der Waals surface area contributed by atoms with E-state index in [2.05, 4.69) is 20.5 Å². The van der Waals surface area contributed by atoms with E-state index < -0.39 is 11.6 Å². The van der Waals surface area contributed by atoms with Gasteiger partial charge in [-0.1, -0.05) is 0 Å². The van der Waals surface area contributed by atoms with E-state index in [1.165, 1.54) is 31.2 Å². The van der Waals surface area contributed by atoms with Crippen molar-refractivity contribution in [1.82, 2.24) is 4.98 Å². The van der Waals surface area contributed by atoms with E-state index in [1.807, 2.05) is 24.3 Å². The average Bonchev–Trinajstić information content (AvgIpc) is 3.26. The molecule has 0 saturated carbocycles. The molecule has 1 amide bonds. The van der Waals surface area contributed by atoms with Gasteiger partial charge in [0.2, 0.25) is 0 Å². The Bertz CT molecular complexity index is 1020. The molecule has 2 heterocycles. The summed E-state index contributed by atoms with van der Waals surface area (Å²) in [5, 5.41) is 5.61. The molecule has 7 heteroatoms. The van der Waals surface area contributed by atoms with Gasteiger partial charge in [0, 0.05) is 42.3 Å². The summed E-state index contributed by atoms with van der Waals surface area (Å²) < 4.78 is 26.9. The highest BCUT2D eigenvalue weighted by Crippen LogP contribution is 2.23. The van der Waals surface area contributed by atoms with Crippen LogP contribution in [0.3, 0.4) is 0 Å². The van der Waals surface area contributed by atoms with Crippen molar-refractivity contribution in [2.24, 2.45) is 0 Å². The highest BCUT2D eigenvalue weighted by molar-refractivity contribution is 6.04. The molecule has 0 aliphatic carbocycles. The first kappa shape index (κ1) is 18.9. The van der Waals surface area contributed by atoms with Crippen molar-refractivity contribution in [3.05, 3.63) is 78.0 Å². The van der Waals surface area contributed by atoms with Gasteiger partial charge in [0.25, 0.3) is 5.91 Å². The normalized spacial score (nSPS) is 13.4. The number of anilines is 4. The number of benzene rings is 2. The minimum absolute atomic E-state index is 0.0777. The second-order valence-electron chi connectivity index (χ2n) is 6.87. The zero-order valence-corrected chi connectivity index (χ0v) is 15.7. The molecule has 2 N–H and O–H groups in total. The van der Waals surface area contributed by atoms with Crippen molar-refractivity contribution < 1.29 is 13.6 Å². The van der Waals surface area contributed by atoms with Crippen molar-refractivity contribution in [3.63, 3.8) is 0 Å². The third kappa shape index (κ3) is 4.51. The summed E-state index contributed by atoms with van der Waals surface area (Å²) in [5.74, 6) is -1.42. The Morgan fingerprint density at radius 1 is 0.966 bits per heavy atom. The molecule has 1 aromatic heterocycles. The quantitative estimate of drug-likeness (QED) is 0.643. The maximum atomic E-state index is 13.8. The van der Waals surface area contributed by atoms with Crippen LogP contribution in [0, 0.1) is 11.6 Å². The van der Waals surface area contributed by atoms with Crippen LogP contribution in [0.2, 0.25) is 0 Å². The van der Waals surface area contributed by atoms with Crippen molar-refractivity contribution in [3.8, 4) is 0 Å². The highest BCUT2D eigenvalue weighted by atomic mass is 19.1. The summed E-state index contributed by atoms with van der Waals surface area (Å²) in [6, 6.07) is 14.0. The first-order valence-electron chi connectivity index (χ1n) is 9.43. The Morgan fingerprint density at radius 2 is 1.72 bits per heavy atom. The lowest BCUT2D eigenvalue weighted by Gasteiger charge is -2.17. The topological polar surface area (TPSA) is 57.3 Å². The number of halogens is 2. The summed E-state index contributed by atoms with van der Waals surface area (Å²) in [7, 11) is 0. The van der Waals surface area contributed by atoms with Gasteiger partial charge in [-0.05, 0) is 61.4 Å². The summed E-state index contributed by atoms with van der Waals surface area (Å²) in [4.78, 5) is 19.0. The van der Waals surface area contributed by atoms with Gasteiger partial charge in [0.05, 0.1) is 5.69 Å².